The highest BCUT2D eigenvalue weighted by Gasteiger charge is 2.23. The van der Waals surface area contributed by atoms with Crippen molar-refractivity contribution in [3.05, 3.63) is 54.1 Å². The molecule has 0 amide bonds. The molecule has 0 saturated carbocycles. The molecule has 2 heteroatoms. The second-order valence-corrected chi connectivity index (χ2v) is 5.02. The van der Waals surface area contributed by atoms with Gasteiger partial charge >= 0.3 is 0 Å². The van der Waals surface area contributed by atoms with Crippen LogP contribution in [-0.4, -0.2) is 9.55 Å². The normalized spacial score (nSPS) is 17.5. The van der Waals surface area contributed by atoms with Crippen LogP contribution >= 0.6 is 0 Å². The molecular weight excluding hydrogens is 220 g/mol. The van der Waals surface area contributed by atoms with Crippen molar-refractivity contribution in [1.82, 2.24) is 9.55 Å². The summed E-state index contributed by atoms with van der Waals surface area (Å²) in [5.74, 6) is 1.66. The molecule has 1 unspecified atom stereocenters. The van der Waals surface area contributed by atoms with Crippen molar-refractivity contribution >= 4 is 11.0 Å². The maximum atomic E-state index is 4.79. The van der Waals surface area contributed by atoms with Crippen LogP contribution in [0.1, 0.15) is 18.4 Å². The summed E-state index contributed by atoms with van der Waals surface area (Å²) in [5, 5.41) is 0. The first-order valence-corrected chi connectivity index (χ1v) is 6.39. The molecule has 1 aliphatic rings. The van der Waals surface area contributed by atoms with Gasteiger partial charge in [-0.15, -0.1) is 0 Å². The van der Waals surface area contributed by atoms with Gasteiger partial charge in [0.1, 0.15) is 5.82 Å². The van der Waals surface area contributed by atoms with Crippen molar-refractivity contribution in [3.63, 3.8) is 0 Å². The van der Waals surface area contributed by atoms with Crippen LogP contribution < -0.4 is 0 Å². The average Bonchev–Trinajstić information content (AvgIpc) is 2.78. The van der Waals surface area contributed by atoms with E-state index in [0.29, 0.717) is 5.92 Å². The molecule has 2 nitrogen and oxygen atoms in total. The predicted octanol–water partition coefficient (Wildman–Crippen LogP) is 3.82. The lowest BCUT2D eigenvalue weighted by atomic mass is 9.92. The quantitative estimate of drug-likeness (QED) is 0.578. The molecular formula is C16H14N2. The Labute approximate surface area is 106 Å². The number of hydrogen-bond acceptors (Lipinski definition) is 1. The molecule has 0 saturated heterocycles. The number of fused-ring (bicyclic) bond motifs is 5. The van der Waals surface area contributed by atoms with E-state index in [1.165, 1.54) is 16.6 Å². The van der Waals surface area contributed by atoms with E-state index in [9.17, 15) is 0 Å². The molecule has 0 bridgehead atoms. The standard InChI is InChI=1S/C16H14N2/c1-11-10-18-15-9-5-4-8-14(15)17-16(18)13-7-3-2-6-12(11)13/h2-9,11H,10H2,1H3. The third-order valence-electron chi connectivity index (χ3n) is 3.84. The number of imidazole rings is 1. The van der Waals surface area contributed by atoms with Crippen LogP contribution in [0.3, 0.4) is 0 Å². The second-order valence-electron chi connectivity index (χ2n) is 5.02. The summed E-state index contributed by atoms with van der Waals surface area (Å²) in [4.78, 5) is 4.79. The van der Waals surface area contributed by atoms with Crippen molar-refractivity contribution in [2.45, 2.75) is 19.4 Å². The highest BCUT2D eigenvalue weighted by Crippen LogP contribution is 2.37. The Morgan fingerprint density at radius 2 is 1.83 bits per heavy atom. The molecule has 1 aliphatic heterocycles. The van der Waals surface area contributed by atoms with Gasteiger partial charge in [0, 0.05) is 12.1 Å². The van der Waals surface area contributed by atoms with Gasteiger partial charge in [0.05, 0.1) is 11.0 Å². The molecule has 1 atom stereocenters. The lowest BCUT2D eigenvalue weighted by Gasteiger charge is -2.24. The van der Waals surface area contributed by atoms with E-state index >= 15 is 0 Å². The first kappa shape index (κ1) is 9.89. The zero-order valence-electron chi connectivity index (χ0n) is 10.3. The highest BCUT2D eigenvalue weighted by atomic mass is 15.1. The van der Waals surface area contributed by atoms with Gasteiger partial charge in [0.25, 0.3) is 0 Å². The van der Waals surface area contributed by atoms with Crippen molar-refractivity contribution in [3.8, 4) is 11.4 Å². The van der Waals surface area contributed by atoms with Gasteiger partial charge < -0.3 is 4.57 Å². The fraction of sp³-hybridized carbons (Fsp3) is 0.188. The number of aromatic nitrogens is 2. The van der Waals surface area contributed by atoms with Crippen LogP contribution in [0.25, 0.3) is 22.4 Å². The third-order valence-corrected chi connectivity index (χ3v) is 3.84. The van der Waals surface area contributed by atoms with Gasteiger partial charge in [-0.3, -0.25) is 0 Å². The summed E-state index contributed by atoms with van der Waals surface area (Å²) in [5.41, 5.74) is 5.04. The molecule has 1 aromatic heterocycles. The summed E-state index contributed by atoms with van der Waals surface area (Å²) < 4.78 is 2.35. The molecule has 88 valence electrons. The molecule has 18 heavy (non-hydrogen) atoms. The Morgan fingerprint density at radius 3 is 2.78 bits per heavy atom. The van der Waals surface area contributed by atoms with Crippen LogP contribution in [0.2, 0.25) is 0 Å². The Morgan fingerprint density at radius 1 is 1.06 bits per heavy atom. The minimum absolute atomic E-state index is 0.548. The van der Waals surface area contributed by atoms with Gasteiger partial charge in [-0.05, 0) is 23.6 Å². The number of hydrogen-bond donors (Lipinski definition) is 0. The number of benzene rings is 2. The first-order chi connectivity index (χ1) is 8.84. The maximum absolute atomic E-state index is 4.79. The topological polar surface area (TPSA) is 17.8 Å². The summed E-state index contributed by atoms with van der Waals surface area (Å²) in [6.07, 6.45) is 0. The summed E-state index contributed by atoms with van der Waals surface area (Å²) in [6, 6.07) is 17.0. The highest BCUT2D eigenvalue weighted by molar-refractivity contribution is 5.82. The third kappa shape index (κ3) is 1.20. The Kier molecular flexibility index (Phi) is 1.90. The predicted molar refractivity (Wildman–Crippen MR) is 73.6 cm³/mol. The Hall–Kier alpha value is -2.09. The summed E-state index contributed by atoms with van der Waals surface area (Å²) in [7, 11) is 0. The molecule has 3 aromatic rings. The first-order valence-electron chi connectivity index (χ1n) is 6.39. The molecule has 0 aliphatic carbocycles. The molecule has 4 rings (SSSR count). The smallest absolute Gasteiger partial charge is 0.141 e. The minimum atomic E-state index is 0.548. The van der Waals surface area contributed by atoms with Gasteiger partial charge in [-0.25, -0.2) is 4.98 Å². The molecule has 0 fully saturated rings. The number of nitrogens with zero attached hydrogens (tertiary/aromatic N) is 2. The van der Waals surface area contributed by atoms with Crippen LogP contribution in [0.15, 0.2) is 48.5 Å². The molecule has 0 N–H and O–H groups in total. The molecule has 2 aromatic carbocycles. The van der Waals surface area contributed by atoms with E-state index < -0.39 is 0 Å². The summed E-state index contributed by atoms with van der Waals surface area (Å²) >= 11 is 0. The maximum Gasteiger partial charge on any atom is 0.141 e. The van der Waals surface area contributed by atoms with Crippen molar-refractivity contribution < 1.29 is 0 Å². The fourth-order valence-corrected chi connectivity index (χ4v) is 2.97. The van der Waals surface area contributed by atoms with Gasteiger partial charge in [0.2, 0.25) is 0 Å². The second kappa shape index (κ2) is 3.45. The van der Waals surface area contributed by atoms with E-state index in [1.54, 1.807) is 0 Å². The molecule has 2 heterocycles. The molecule has 0 spiro atoms. The van der Waals surface area contributed by atoms with Crippen molar-refractivity contribution in [1.29, 1.82) is 0 Å². The van der Waals surface area contributed by atoms with Gasteiger partial charge in [-0.1, -0.05) is 43.3 Å². The van der Waals surface area contributed by atoms with Crippen molar-refractivity contribution in [2.24, 2.45) is 0 Å². The zero-order valence-corrected chi connectivity index (χ0v) is 10.3. The molecule has 0 radical (unpaired) electrons. The van der Waals surface area contributed by atoms with Crippen LogP contribution in [0.4, 0.5) is 0 Å². The van der Waals surface area contributed by atoms with Gasteiger partial charge in [0.15, 0.2) is 0 Å². The lowest BCUT2D eigenvalue weighted by molar-refractivity contribution is 0.598. The zero-order chi connectivity index (χ0) is 12.1. The van der Waals surface area contributed by atoms with E-state index in [2.05, 4.69) is 60.0 Å². The van der Waals surface area contributed by atoms with Crippen LogP contribution in [-0.2, 0) is 6.54 Å². The van der Waals surface area contributed by atoms with Crippen LogP contribution in [0.5, 0.6) is 0 Å². The summed E-state index contributed by atoms with van der Waals surface area (Å²) in [6.45, 7) is 3.31. The van der Waals surface area contributed by atoms with Crippen LogP contribution in [0, 0.1) is 0 Å². The number of rotatable bonds is 0. The van der Waals surface area contributed by atoms with E-state index in [4.69, 9.17) is 4.98 Å². The van der Waals surface area contributed by atoms with E-state index in [1.807, 2.05) is 0 Å². The average molecular weight is 234 g/mol. The largest absolute Gasteiger partial charge is 0.323 e. The minimum Gasteiger partial charge on any atom is -0.323 e. The van der Waals surface area contributed by atoms with Gasteiger partial charge in [-0.2, -0.15) is 0 Å². The Balaban J connectivity index is 2.10. The number of para-hydroxylation sites is 2. The Bertz CT molecular complexity index is 740. The van der Waals surface area contributed by atoms with E-state index in [-0.39, 0.29) is 0 Å². The fourth-order valence-electron chi connectivity index (χ4n) is 2.97. The van der Waals surface area contributed by atoms with Crippen molar-refractivity contribution in [2.75, 3.05) is 0 Å². The lowest BCUT2D eigenvalue weighted by Crippen LogP contribution is -2.14. The monoisotopic (exact) mass is 234 g/mol. The SMILES string of the molecule is CC1Cn2c(nc3ccccc32)-c2ccccc21. The van der Waals surface area contributed by atoms with E-state index in [0.717, 1.165) is 17.9 Å².